The number of carbonyl (C=O) groups is 2. The Labute approximate surface area is 195 Å². The Morgan fingerprint density at radius 1 is 0.938 bits per heavy atom. The van der Waals surface area contributed by atoms with Gasteiger partial charge in [0.25, 0.3) is 11.8 Å². The van der Waals surface area contributed by atoms with Gasteiger partial charge >= 0.3 is 0 Å². The number of nitrogens with one attached hydrogen (secondary N) is 1. The molecule has 1 heterocycles. The molecule has 0 saturated heterocycles. The SMILES string of the molecule is O=C(N/C(=C/c1ccc(-c2ccccc2Cl)s1)C(=O)N(CCO)CCO)c1ccccc1. The first-order valence-corrected chi connectivity index (χ1v) is 11.2. The lowest BCUT2D eigenvalue weighted by Crippen LogP contribution is -2.41. The monoisotopic (exact) mass is 470 g/mol. The van der Waals surface area contributed by atoms with E-state index < -0.39 is 11.8 Å². The molecular weight excluding hydrogens is 448 g/mol. The molecule has 8 heteroatoms. The summed E-state index contributed by atoms with van der Waals surface area (Å²) in [4.78, 5) is 28.8. The predicted molar refractivity (Wildman–Crippen MR) is 127 cm³/mol. The maximum atomic E-state index is 13.1. The van der Waals surface area contributed by atoms with Gasteiger partial charge in [0, 0.05) is 39.0 Å². The fraction of sp³-hybridized carbons (Fsp3) is 0.167. The van der Waals surface area contributed by atoms with Gasteiger partial charge in [0.15, 0.2) is 0 Å². The van der Waals surface area contributed by atoms with Crippen molar-refractivity contribution in [2.75, 3.05) is 26.3 Å². The number of rotatable bonds is 9. The van der Waals surface area contributed by atoms with E-state index in [9.17, 15) is 19.8 Å². The lowest BCUT2D eigenvalue weighted by atomic mass is 10.2. The molecule has 0 aliphatic rings. The fourth-order valence-electron chi connectivity index (χ4n) is 3.04. The Balaban J connectivity index is 1.94. The Morgan fingerprint density at radius 2 is 1.59 bits per heavy atom. The second kappa shape index (κ2) is 11.6. The van der Waals surface area contributed by atoms with Gasteiger partial charge in [-0.2, -0.15) is 0 Å². The number of halogens is 1. The van der Waals surface area contributed by atoms with Gasteiger partial charge in [-0.1, -0.05) is 48.0 Å². The average molecular weight is 471 g/mol. The molecule has 0 aliphatic carbocycles. The lowest BCUT2D eigenvalue weighted by Gasteiger charge is -2.22. The van der Waals surface area contributed by atoms with Crippen molar-refractivity contribution in [1.82, 2.24) is 10.2 Å². The topological polar surface area (TPSA) is 89.9 Å². The summed E-state index contributed by atoms with van der Waals surface area (Å²) in [6.45, 7) is -0.455. The molecule has 0 spiro atoms. The van der Waals surface area contributed by atoms with Gasteiger partial charge in [-0.25, -0.2) is 0 Å². The third-order valence-electron chi connectivity index (χ3n) is 4.59. The van der Waals surface area contributed by atoms with E-state index in [0.29, 0.717) is 10.6 Å². The minimum absolute atomic E-state index is 0.0350. The van der Waals surface area contributed by atoms with Crippen molar-refractivity contribution in [1.29, 1.82) is 0 Å². The molecule has 3 aromatic rings. The highest BCUT2D eigenvalue weighted by molar-refractivity contribution is 7.16. The predicted octanol–water partition coefficient (Wildman–Crippen LogP) is 3.65. The summed E-state index contributed by atoms with van der Waals surface area (Å²) in [5, 5.41) is 21.9. The Morgan fingerprint density at radius 3 is 2.25 bits per heavy atom. The summed E-state index contributed by atoms with van der Waals surface area (Å²) in [5.74, 6) is -0.925. The Bertz CT molecular complexity index is 1090. The van der Waals surface area contributed by atoms with Crippen molar-refractivity contribution in [3.05, 3.63) is 87.9 Å². The molecule has 0 bridgehead atoms. The van der Waals surface area contributed by atoms with Crippen LogP contribution in [0.5, 0.6) is 0 Å². The zero-order valence-corrected chi connectivity index (χ0v) is 18.8. The third kappa shape index (κ3) is 6.05. The maximum Gasteiger partial charge on any atom is 0.270 e. The molecule has 0 unspecified atom stereocenters. The van der Waals surface area contributed by atoms with Crippen LogP contribution in [0.4, 0.5) is 0 Å². The van der Waals surface area contributed by atoms with Gasteiger partial charge in [0.05, 0.1) is 13.2 Å². The van der Waals surface area contributed by atoms with Crippen molar-refractivity contribution in [2.45, 2.75) is 0 Å². The number of amides is 2. The molecule has 2 aromatic carbocycles. The first kappa shape index (κ1) is 23.7. The van der Waals surface area contributed by atoms with E-state index in [1.54, 1.807) is 36.4 Å². The number of benzene rings is 2. The van der Waals surface area contributed by atoms with Crippen molar-refractivity contribution in [3.8, 4) is 10.4 Å². The minimum Gasteiger partial charge on any atom is -0.395 e. The van der Waals surface area contributed by atoms with Crippen LogP contribution < -0.4 is 5.32 Å². The quantitative estimate of drug-likeness (QED) is 0.416. The van der Waals surface area contributed by atoms with Crippen LogP contribution in [0.1, 0.15) is 15.2 Å². The zero-order chi connectivity index (χ0) is 22.9. The molecule has 0 saturated carbocycles. The van der Waals surface area contributed by atoms with Crippen LogP contribution in [-0.2, 0) is 4.79 Å². The van der Waals surface area contributed by atoms with Crippen LogP contribution in [0.2, 0.25) is 5.02 Å². The highest BCUT2D eigenvalue weighted by atomic mass is 35.5. The molecule has 3 N–H and O–H groups in total. The summed E-state index contributed by atoms with van der Waals surface area (Å²) >= 11 is 7.72. The first-order chi connectivity index (χ1) is 15.5. The third-order valence-corrected chi connectivity index (χ3v) is 5.99. The van der Waals surface area contributed by atoms with Crippen LogP contribution in [0.15, 0.2) is 72.4 Å². The second-order valence-corrected chi connectivity index (χ2v) is 8.32. The lowest BCUT2D eigenvalue weighted by molar-refractivity contribution is -0.128. The van der Waals surface area contributed by atoms with Crippen LogP contribution in [-0.4, -0.2) is 53.2 Å². The molecule has 6 nitrogen and oxygen atoms in total. The Kier molecular flexibility index (Phi) is 8.58. The summed E-state index contributed by atoms with van der Waals surface area (Å²) in [5.41, 5.74) is 1.33. The van der Waals surface area contributed by atoms with Gasteiger partial charge in [-0.3, -0.25) is 9.59 Å². The smallest absolute Gasteiger partial charge is 0.270 e. The Hall–Kier alpha value is -2.97. The van der Waals surface area contributed by atoms with Gasteiger partial charge in [0.2, 0.25) is 0 Å². The normalized spacial score (nSPS) is 11.3. The van der Waals surface area contributed by atoms with E-state index in [1.807, 2.05) is 36.4 Å². The fourth-order valence-corrected chi connectivity index (χ4v) is 4.32. The van der Waals surface area contributed by atoms with E-state index in [0.717, 1.165) is 15.3 Å². The van der Waals surface area contributed by atoms with E-state index in [2.05, 4.69) is 5.32 Å². The molecule has 166 valence electrons. The highest BCUT2D eigenvalue weighted by Crippen LogP contribution is 2.34. The average Bonchev–Trinajstić information content (AvgIpc) is 3.27. The van der Waals surface area contributed by atoms with E-state index in [4.69, 9.17) is 11.6 Å². The molecule has 0 aliphatic heterocycles. The van der Waals surface area contributed by atoms with Crippen LogP contribution in [0, 0.1) is 0 Å². The molecule has 3 rings (SSSR count). The summed E-state index contributed by atoms with van der Waals surface area (Å²) in [7, 11) is 0. The van der Waals surface area contributed by atoms with Gasteiger partial charge in [0.1, 0.15) is 5.70 Å². The zero-order valence-electron chi connectivity index (χ0n) is 17.2. The van der Waals surface area contributed by atoms with Crippen LogP contribution in [0.3, 0.4) is 0 Å². The number of carbonyl (C=O) groups excluding carboxylic acids is 2. The molecule has 1 aromatic heterocycles. The molecule has 0 atom stereocenters. The number of aliphatic hydroxyl groups is 2. The minimum atomic E-state index is -0.495. The number of nitrogens with zero attached hydrogens (tertiary/aromatic N) is 1. The maximum absolute atomic E-state index is 13.1. The van der Waals surface area contributed by atoms with Gasteiger partial charge < -0.3 is 20.4 Å². The number of hydrogen-bond acceptors (Lipinski definition) is 5. The van der Waals surface area contributed by atoms with Crippen molar-refractivity contribution in [3.63, 3.8) is 0 Å². The summed E-state index contributed by atoms with van der Waals surface area (Å²) < 4.78 is 0. The summed E-state index contributed by atoms with van der Waals surface area (Å²) in [6, 6.07) is 19.8. The highest BCUT2D eigenvalue weighted by Gasteiger charge is 2.21. The molecule has 32 heavy (non-hydrogen) atoms. The van der Waals surface area contributed by atoms with Crippen molar-refractivity contribution < 1.29 is 19.8 Å². The van der Waals surface area contributed by atoms with E-state index in [-0.39, 0.29) is 32.0 Å². The first-order valence-electron chi connectivity index (χ1n) is 9.97. The van der Waals surface area contributed by atoms with Gasteiger partial charge in [-0.15, -0.1) is 11.3 Å². The number of thiophene rings is 1. The van der Waals surface area contributed by atoms with Crippen molar-refractivity contribution in [2.24, 2.45) is 0 Å². The summed E-state index contributed by atoms with van der Waals surface area (Å²) in [6.07, 6.45) is 1.59. The van der Waals surface area contributed by atoms with Crippen molar-refractivity contribution >= 4 is 40.8 Å². The number of aliphatic hydroxyl groups excluding tert-OH is 2. The molecular formula is C24H23ClN2O4S. The van der Waals surface area contributed by atoms with E-state index in [1.165, 1.54) is 16.2 Å². The number of hydrogen-bond donors (Lipinski definition) is 3. The molecule has 0 radical (unpaired) electrons. The second-order valence-electron chi connectivity index (χ2n) is 6.80. The van der Waals surface area contributed by atoms with Gasteiger partial charge in [-0.05, 0) is 36.4 Å². The largest absolute Gasteiger partial charge is 0.395 e. The van der Waals surface area contributed by atoms with E-state index >= 15 is 0 Å². The standard InChI is InChI=1S/C24H23ClN2O4S/c25-20-9-5-4-8-19(20)22-11-10-18(32-22)16-21(24(31)27(12-14-28)13-15-29)26-23(30)17-6-2-1-3-7-17/h1-11,16,28-29H,12-15H2,(H,26,30)/b21-16+. The van der Waals surface area contributed by atoms with Crippen LogP contribution in [0.25, 0.3) is 16.5 Å². The van der Waals surface area contributed by atoms with Crippen LogP contribution >= 0.6 is 22.9 Å². The molecule has 2 amide bonds. The molecule has 0 fully saturated rings.